The molecule has 0 radical (unpaired) electrons. The van der Waals surface area contributed by atoms with Crippen LogP contribution in [0.1, 0.15) is 5.56 Å². The van der Waals surface area contributed by atoms with Gasteiger partial charge in [-0.15, -0.1) is 0 Å². The Morgan fingerprint density at radius 1 is 0.926 bits per heavy atom. The first-order valence-corrected chi connectivity index (χ1v) is 11.2. The molecule has 0 spiro atoms. The first-order valence-electron chi connectivity index (χ1n) is 10.1. The molecule has 142 valence electrons. The maximum atomic E-state index is 3.69. The summed E-state index contributed by atoms with van der Waals surface area (Å²) in [5, 5.41) is 6.35. The number of nitrogens with one attached hydrogen (secondary N) is 1. The van der Waals surface area contributed by atoms with E-state index in [0.29, 0.717) is 6.04 Å². The van der Waals surface area contributed by atoms with Gasteiger partial charge in [0.25, 0.3) is 0 Å². The number of rotatable bonds is 4. The Hall–Kier alpha value is -1.51. The highest BCUT2D eigenvalue weighted by Crippen LogP contribution is 2.17. The van der Waals surface area contributed by atoms with Crippen molar-refractivity contribution < 1.29 is 0 Å². The molecule has 2 saturated heterocycles. The number of fused-ring (bicyclic) bond motifs is 1. The molecule has 1 unspecified atom stereocenters. The van der Waals surface area contributed by atoms with Gasteiger partial charge in [-0.25, -0.2) is 0 Å². The van der Waals surface area contributed by atoms with Gasteiger partial charge in [0.1, 0.15) is 0 Å². The van der Waals surface area contributed by atoms with Crippen LogP contribution in [0.2, 0.25) is 0 Å². The van der Waals surface area contributed by atoms with Crippen molar-refractivity contribution in [3.63, 3.8) is 0 Å². The molecular weight excluding hydrogens is 350 g/mol. The highest BCUT2D eigenvalue weighted by molar-refractivity contribution is 7.99. The van der Waals surface area contributed by atoms with Crippen LogP contribution in [0.5, 0.6) is 0 Å². The Labute approximate surface area is 167 Å². The Balaban J connectivity index is 1.27. The van der Waals surface area contributed by atoms with E-state index in [1.807, 2.05) is 0 Å². The van der Waals surface area contributed by atoms with Crippen LogP contribution < -0.4 is 5.32 Å². The minimum Gasteiger partial charge on any atom is -0.311 e. The SMILES string of the molecule is C(#CCN1CCNC(Cc2ccc3ccccc3c2)C1)CN1CCSCC1. The lowest BCUT2D eigenvalue weighted by Crippen LogP contribution is -2.51. The summed E-state index contributed by atoms with van der Waals surface area (Å²) >= 11 is 2.06. The number of piperazine rings is 1. The summed E-state index contributed by atoms with van der Waals surface area (Å²) in [6, 6.07) is 16.0. The van der Waals surface area contributed by atoms with Crippen LogP contribution in [0.15, 0.2) is 42.5 Å². The third kappa shape index (κ3) is 5.49. The van der Waals surface area contributed by atoms with Gasteiger partial charge in [0.05, 0.1) is 13.1 Å². The first kappa shape index (κ1) is 18.8. The molecule has 0 bridgehead atoms. The lowest BCUT2D eigenvalue weighted by Gasteiger charge is -2.32. The second-order valence-electron chi connectivity index (χ2n) is 7.51. The van der Waals surface area contributed by atoms with Crippen LogP contribution in [0.4, 0.5) is 0 Å². The van der Waals surface area contributed by atoms with E-state index >= 15 is 0 Å². The maximum absolute atomic E-state index is 3.69. The van der Waals surface area contributed by atoms with Crippen LogP contribution in [0, 0.1) is 11.8 Å². The van der Waals surface area contributed by atoms with Gasteiger partial charge in [0.2, 0.25) is 0 Å². The molecule has 0 amide bonds. The molecular formula is C23H29N3S. The summed E-state index contributed by atoms with van der Waals surface area (Å²) in [4.78, 5) is 4.98. The molecule has 0 aromatic heterocycles. The Kier molecular flexibility index (Phi) is 6.71. The number of hydrogen-bond donors (Lipinski definition) is 1. The topological polar surface area (TPSA) is 18.5 Å². The first-order chi connectivity index (χ1) is 13.4. The van der Waals surface area contributed by atoms with Gasteiger partial charge in [-0.05, 0) is 22.8 Å². The van der Waals surface area contributed by atoms with Crippen molar-refractivity contribution in [2.75, 3.05) is 57.3 Å². The maximum Gasteiger partial charge on any atom is 0.0603 e. The van der Waals surface area contributed by atoms with Crippen molar-refractivity contribution in [1.29, 1.82) is 0 Å². The Bertz CT molecular complexity index is 804. The molecule has 2 aliphatic rings. The standard InChI is InChI=1S/C23H29N3S/c1-2-6-22-17-20(7-8-21(22)5-1)18-23-19-26(12-9-24-23)11-4-3-10-25-13-15-27-16-14-25/h1-2,5-8,17,23-24H,9-16,18-19H2. The number of benzene rings is 2. The molecule has 0 saturated carbocycles. The average molecular weight is 380 g/mol. The highest BCUT2D eigenvalue weighted by Gasteiger charge is 2.18. The third-order valence-corrected chi connectivity index (χ3v) is 6.41. The predicted molar refractivity (Wildman–Crippen MR) is 117 cm³/mol. The minimum absolute atomic E-state index is 0.515. The second kappa shape index (κ2) is 9.61. The van der Waals surface area contributed by atoms with E-state index in [4.69, 9.17) is 0 Å². The zero-order chi connectivity index (χ0) is 18.3. The van der Waals surface area contributed by atoms with Crippen LogP contribution in [-0.4, -0.2) is 73.2 Å². The van der Waals surface area contributed by atoms with Crippen molar-refractivity contribution in [2.45, 2.75) is 12.5 Å². The molecule has 4 rings (SSSR count). The molecule has 0 aliphatic carbocycles. The van der Waals surface area contributed by atoms with E-state index < -0.39 is 0 Å². The monoisotopic (exact) mass is 379 g/mol. The zero-order valence-corrected chi connectivity index (χ0v) is 16.8. The lowest BCUT2D eigenvalue weighted by atomic mass is 10.0. The third-order valence-electron chi connectivity index (χ3n) is 5.47. The van der Waals surface area contributed by atoms with Gasteiger partial charge in [0.15, 0.2) is 0 Å². The van der Waals surface area contributed by atoms with E-state index in [2.05, 4.69) is 81.2 Å². The van der Waals surface area contributed by atoms with E-state index in [1.54, 1.807) is 0 Å². The molecule has 2 heterocycles. The molecule has 1 atom stereocenters. The van der Waals surface area contributed by atoms with Crippen LogP contribution >= 0.6 is 11.8 Å². The average Bonchev–Trinajstić information content (AvgIpc) is 2.72. The van der Waals surface area contributed by atoms with E-state index in [1.165, 1.54) is 40.9 Å². The molecule has 2 aliphatic heterocycles. The summed E-state index contributed by atoms with van der Waals surface area (Å²) in [6.45, 7) is 7.47. The van der Waals surface area contributed by atoms with Crippen LogP contribution in [0.3, 0.4) is 0 Å². The largest absolute Gasteiger partial charge is 0.311 e. The Morgan fingerprint density at radius 2 is 1.70 bits per heavy atom. The Morgan fingerprint density at radius 3 is 2.56 bits per heavy atom. The fraction of sp³-hybridized carbons (Fsp3) is 0.478. The van der Waals surface area contributed by atoms with E-state index in [-0.39, 0.29) is 0 Å². The number of thioether (sulfide) groups is 1. The smallest absolute Gasteiger partial charge is 0.0603 e. The van der Waals surface area contributed by atoms with Crippen molar-refractivity contribution in [1.82, 2.24) is 15.1 Å². The number of hydrogen-bond acceptors (Lipinski definition) is 4. The lowest BCUT2D eigenvalue weighted by molar-refractivity contribution is 0.220. The quantitative estimate of drug-likeness (QED) is 0.823. The van der Waals surface area contributed by atoms with Crippen LogP contribution in [0.25, 0.3) is 10.8 Å². The highest BCUT2D eigenvalue weighted by atomic mass is 32.2. The van der Waals surface area contributed by atoms with Gasteiger partial charge in [-0.2, -0.15) is 11.8 Å². The fourth-order valence-electron chi connectivity index (χ4n) is 3.92. The molecule has 3 nitrogen and oxygen atoms in total. The fourth-order valence-corrected chi connectivity index (χ4v) is 4.90. The summed E-state index contributed by atoms with van der Waals surface area (Å²) < 4.78 is 0. The molecule has 2 aromatic carbocycles. The van der Waals surface area contributed by atoms with Crippen molar-refractivity contribution in [3.05, 3.63) is 48.0 Å². The number of nitrogens with zero attached hydrogens (tertiary/aromatic N) is 2. The summed E-state index contributed by atoms with van der Waals surface area (Å²) in [7, 11) is 0. The van der Waals surface area contributed by atoms with E-state index in [9.17, 15) is 0 Å². The summed E-state index contributed by atoms with van der Waals surface area (Å²) in [6.07, 6.45) is 1.08. The van der Waals surface area contributed by atoms with Gasteiger partial charge < -0.3 is 5.32 Å². The normalized spacial score (nSPS) is 21.7. The van der Waals surface area contributed by atoms with Crippen molar-refractivity contribution >= 4 is 22.5 Å². The minimum atomic E-state index is 0.515. The molecule has 2 fully saturated rings. The van der Waals surface area contributed by atoms with Crippen LogP contribution in [-0.2, 0) is 6.42 Å². The van der Waals surface area contributed by atoms with E-state index in [0.717, 1.165) is 39.1 Å². The molecule has 4 heteroatoms. The van der Waals surface area contributed by atoms with Gasteiger partial charge >= 0.3 is 0 Å². The summed E-state index contributed by atoms with van der Waals surface area (Å²) in [5.74, 6) is 9.32. The molecule has 2 aromatic rings. The van der Waals surface area contributed by atoms with Gasteiger partial charge in [0, 0.05) is 50.3 Å². The van der Waals surface area contributed by atoms with Crippen molar-refractivity contribution in [2.24, 2.45) is 0 Å². The zero-order valence-electron chi connectivity index (χ0n) is 16.0. The van der Waals surface area contributed by atoms with Gasteiger partial charge in [-0.3, -0.25) is 9.80 Å². The van der Waals surface area contributed by atoms with Gasteiger partial charge in [-0.1, -0.05) is 54.3 Å². The predicted octanol–water partition coefficient (Wildman–Crippen LogP) is 2.71. The molecule has 1 N–H and O–H groups in total. The van der Waals surface area contributed by atoms with Crippen molar-refractivity contribution in [3.8, 4) is 11.8 Å². The summed E-state index contributed by atoms with van der Waals surface area (Å²) in [5.41, 5.74) is 1.42. The molecule has 27 heavy (non-hydrogen) atoms. The second-order valence-corrected chi connectivity index (χ2v) is 8.74.